The summed E-state index contributed by atoms with van der Waals surface area (Å²) in [5, 5.41) is 9.08. The number of ether oxygens (including phenoxy) is 3. The first-order valence-electron chi connectivity index (χ1n) is 5.87. The van der Waals surface area contributed by atoms with E-state index in [0.29, 0.717) is 6.61 Å². The van der Waals surface area contributed by atoms with E-state index in [4.69, 9.17) is 19.3 Å². The van der Waals surface area contributed by atoms with Gasteiger partial charge in [0.15, 0.2) is 6.79 Å². The van der Waals surface area contributed by atoms with Gasteiger partial charge in [0.2, 0.25) is 0 Å². The van der Waals surface area contributed by atoms with Crippen LogP contribution < -0.4 is 9.47 Å². The molecule has 6 nitrogen and oxygen atoms in total. The van der Waals surface area contributed by atoms with Gasteiger partial charge in [0.05, 0.1) is 0 Å². The molecule has 0 radical (unpaired) electrons. The normalized spacial score (nSPS) is 10.0. The molecule has 19 heavy (non-hydrogen) atoms. The molecule has 0 aliphatic heterocycles. The van der Waals surface area contributed by atoms with Crippen LogP contribution in [0.4, 0.5) is 0 Å². The van der Waals surface area contributed by atoms with Crippen LogP contribution in [0.25, 0.3) is 0 Å². The fraction of sp³-hybridized carbons (Fsp3) is 0.385. The van der Waals surface area contributed by atoms with Gasteiger partial charge in [-0.2, -0.15) is 0 Å². The van der Waals surface area contributed by atoms with Crippen LogP contribution in [-0.4, -0.2) is 30.4 Å². The summed E-state index contributed by atoms with van der Waals surface area (Å²) in [4.78, 5) is 22.2. The Labute approximate surface area is 110 Å². The summed E-state index contributed by atoms with van der Waals surface area (Å²) >= 11 is 0. The fourth-order valence-corrected chi connectivity index (χ4v) is 1.26. The first-order chi connectivity index (χ1) is 9.08. The Balaban J connectivity index is 2.88. The van der Waals surface area contributed by atoms with Gasteiger partial charge in [0, 0.05) is 13.0 Å². The molecule has 0 unspecified atom stereocenters. The van der Waals surface area contributed by atoms with Crippen LogP contribution in [0.3, 0.4) is 0 Å². The number of hydrogen-bond donors (Lipinski definition) is 1. The molecule has 0 aliphatic rings. The average molecular weight is 268 g/mol. The van der Waals surface area contributed by atoms with Crippen LogP contribution in [0.2, 0.25) is 0 Å². The third kappa shape index (κ3) is 4.59. The van der Waals surface area contributed by atoms with Gasteiger partial charge in [0.1, 0.15) is 17.1 Å². The molecule has 0 spiro atoms. The highest BCUT2D eigenvalue weighted by molar-refractivity contribution is 5.91. The van der Waals surface area contributed by atoms with Crippen LogP contribution >= 0.6 is 0 Å². The lowest BCUT2D eigenvalue weighted by atomic mass is 10.2. The zero-order valence-corrected chi connectivity index (χ0v) is 10.8. The molecule has 1 aromatic rings. The van der Waals surface area contributed by atoms with Crippen molar-refractivity contribution in [3.63, 3.8) is 0 Å². The van der Waals surface area contributed by atoms with Crippen molar-refractivity contribution in [2.75, 3.05) is 13.4 Å². The molecule has 0 heterocycles. The third-order valence-electron chi connectivity index (χ3n) is 2.20. The molecule has 0 amide bonds. The van der Waals surface area contributed by atoms with Gasteiger partial charge in [-0.25, -0.2) is 4.79 Å². The van der Waals surface area contributed by atoms with Crippen molar-refractivity contribution in [3.05, 3.63) is 23.8 Å². The minimum atomic E-state index is -1.17. The summed E-state index contributed by atoms with van der Waals surface area (Å²) in [5.74, 6) is -1.26. The third-order valence-corrected chi connectivity index (χ3v) is 2.20. The summed E-state index contributed by atoms with van der Waals surface area (Å²) in [6, 6.07) is 4.15. The topological polar surface area (TPSA) is 82.1 Å². The smallest absolute Gasteiger partial charge is 0.339 e. The van der Waals surface area contributed by atoms with E-state index < -0.39 is 11.9 Å². The molecule has 1 aromatic carbocycles. The Hall–Kier alpha value is -2.08. The van der Waals surface area contributed by atoms with Gasteiger partial charge in [-0.1, -0.05) is 6.92 Å². The van der Waals surface area contributed by atoms with Crippen molar-refractivity contribution in [3.8, 4) is 11.5 Å². The zero-order valence-electron chi connectivity index (χ0n) is 10.8. The van der Waals surface area contributed by atoms with E-state index in [0.717, 1.165) is 0 Å². The van der Waals surface area contributed by atoms with Crippen molar-refractivity contribution < 1.29 is 28.9 Å². The van der Waals surface area contributed by atoms with Crippen molar-refractivity contribution in [2.45, 2.75) is 20.3 Å². The maximum absolute atomic E-state index is 11.1. The minimum Gasteiger partial charge on any atom is -0.478 e. The quantitative estimate of drug-likeness (QED) is 0.353. The summed E-state index contributed by atoms with van der Waals surface area (Å²) in [7, 11) is 0. The first kappa shape index (κ1) is 15.0. The highest BCUT2D eigenvalue weighted by atomic mass is 16.7. The Bertz CT molecular complexity index is 454. The van der Waals surface area contributed by atoms with Crippen molar-refractivity contribution in [1.29, 1.82) is 0 Å². The SMILES string of the molecule is CCOCOc1ccc(OC(=O)CC)cc1C(=O)O. The van der Waals surface area contributed by atoms with Crippen molar-refractivity contribution in [1.82, 2.24) is 0 Å². The summed E-state index contributed by atoms with van der Waals surface area (Å²) in [6.45, 7) is 3.88. The molecule has 0 aliphatic carbocycles. The average Bonchev–Trinajstić information content (AvgIpc) is 2.40. The number of carboxylic acid groups (broad SMARTS) is 1. The van der Waals surface area contributed by atoms with Crippen LogP contribution in [0.15, 0.2) is 18.2 Å². The second-order valence-corrected chi connectivity index (χ2v) is 3.55. The molecule has 0 bridgehead atoms. The summed E-state index contributed by atoms with van der Waals surface area (Å²) < 4.78 is 15.1. The van der Waals surface area contributed by atoms with Gasteiger partial charge in [-0.3, -0.25) is 4.79 Å². The lowest BCUT2D eigenvalue weighted by Gasteiger charge is -2.10. The number of carbonyl (C=O) groups is 2. The van der Waals surface area contributed by atoms with Crippen LogP contribution in [0.5, 0.6) is 11.5 Å². The molecule has 6 heteroatoms. The maximum atomic E-state index is 11.1. The largest absolute Gasteiger partial charge is 0.478 e. The number of carbonyl (C=O) groups excluding carboxylic acids is 1. The molecule has 104 valence electrons. The Morgan fingerprint density at radius 3 is 2.58 bits per heavy atom. The van der Waals surface area contributed by atoms with E-state index in [1.807, 2.05) is 0 Å². The highest BCUT2D eigenvalue weighted by Gasteiger charge is 2.14. The predicted molar refractivity (Wildman–Crippen MR) is 66.4 cm³/mol. The maximum Gasteiger partial charge on any atom is 0.339 e. The number of esters is 1. The Morgan fingerprint density at radius 1 is 1.26 bits per heavy atom. The zero-order chi connectivity index (χ0) is 14.3. The number of carboxylic acids is 1. The lowest BCUT2D eigenvalue weighted by molar-refractivity contribution is -0.134. The molecule has 0 aromatic heterocycles. The van der Waals surface area contributed by atoms with Gasteiger partial charge in [0.25, 0.3) is 0 Å². The van der Waals surface area contributed by atoms with Gasteiger partial charge in [-0.05, 0) is 25.1 Å². The predicted octanol–water partition coefficient (Wildman–Crippen LogP) is 2.07. The summed E-state index contributed by atoms with van der Waals surface area (Å²) in [6.07, 6.45) is 0.213. The second-order valence-electron chi connectivity index (χ2n) is 3.55. The van der Waals surface area contributed by atoms with E-state index >= 15 is 0 Å². The lowest BCUT2D eigenvalue weighted by Crippen LogP contribution is -2.09. The number of rotatable bonds is 7. The molecule has 0 atom stereocenters. The van der Waals surface area contributed by atoms with Crippen LogP contribution in [0.1, 0.15) is 30.6 Å². The van der Waals surface area contributed by atoms with Crippen LogP contribution in [0, 0.1) is 0 Å². The van der Waals surface area contributed by atoms with Gasteiger partial charge < -0.3 is 19.3 Å². The highest BCUT2D eigenvalue weighted by Crippen LogP contribution is 2.24. The molecule has 0 saturated carbocycles. The van der Waals surface area contributed by atoms with E-state index in [1.54, 1.807) is 13.8 Å². The van der Waals surface area contributed by atoms with Crippen molar-refractivity contribution in [2.24, 2.45) is 0 Å². The molecule has 0 fully saturated rings. The Kier molecular flexibility index (Phi) is 5.81. The van der Waals surface area contributed by atoms with Crippen LogP contribution in [-0.2, 0) is 9.53 Å². The number of benzene rings is 1. The molecular formula is C13H16O6. The summed E-state index contributed by atoms with van der Waals surface area (Å²) in [5.41, 5.74) is -0.0823. The number of hydrogen-bond acceptors (Lipinski definition) is 5. The minimum absolute atomic E-state index is 0.0368. The van der Waals surface area contributed by atoms with E-state index in [1.165, 1.54) is 18.2 Å². The van der Waals surface area contributed by atoms with E-state index in [-0.39, 0.29) is 30.3 Å². The molecule has 0 saturated heterocycles. The van der Waals surface area contributed by atoms with Crippen molar-refractivity contribution >= 4 is 11.9 Å². The van der Waals surface area contributed by atoms with E-state index in [2.05, 4.69) is 0 Å². The second kappa shape index (κ2) is 7.38. The molecule has 1 N–H and O–H groups in total. The standard InChI is InChI=1S/C13H16O6/c1-3-12(14)19-9-5-6-11(18-8-17-4-2)10(7-9)13(15)16/h5-7H,3-4,8H2,1-2H3,(H,15,16). The monoisotopic (exact) mass is 268 g/mol. The van der Waals surface area contributed by atoms with Gasteiger partial charge in [-0.15, -0.1) is 0 Å². The number of aromatic carboxylic acids is 1. The molecule has 1 rings (SSSR count). The first-order valence-corrected chi connectivity index (χ1v) is 5.87. The fourth-order valence-electron chi connectivity index (χ4n) is 1.26. The van der Waals surface area contributed by atoms with Gasteiger partial charge >= 0.3 is 11.9 Å². The van der Waals surface area contributed by atoms with E-state index in [9.17, 15) is 9.59 Å². The molecular weight excluding hydrogens is 252 g/mol. The Morgan fingerprint density at radius 2 is 2.00 bits per heavy atom.